The quantitative estimate of drug-likeness (QED) is 0.497. The van der Waals surface area contributed by atoms with Gasteiger partial charge in [0.15, 0.2) is 0 Å². The average Bonchev–Trinajstić information content (AvgIpc) is 2.42. The van der Waals surface area contributed by atoms with Gasteiger partial charge in [-0.05, 0) is 12.0 Å². The van der Waals surface area contributed by atoms with Crippen molar-refractivity contribution in [3.8, 4) is 0 Å². The molecule has 1 aromatic carbocycles. The molecular weight excluding hydrogens is 228 g/mol. The van der Waals surface area contributed by atoms with Crippen LogP contribution in [-0.2, 0) is 20.9 Å². The van der Waals surface area contributed by atoms with Crippen molar-refractivity contribution in [3.63, 3.8) is 0 Å². The molecule has 18 heavy (non-hydrogen) atoms. The van der Waals surface area contributed by atoms with Gasteiger partial charge in [-0.15, -0.1) is 6.58 Å². The third-order valence-corrected chi connectivity index (χ3v) is 2.51. The number of hydrogen-bond acceptors (Lipinski definition) is 3. The minimum absolute atomic E-state index is 0.0278. The van der Waals surface area contributed by atoms with Gasteiger partial charge in [-0.2, -0.15) is 0 Å². The van der Waals surface area contributed by atoms with Crippen molar-refractivity contribution in [2.75, 3.05) is 0 Å². The van der Waals surface area contributed by atoms with E-state index in [1.807, 2.05) is 30.3 Å². The van der Waals surface area contributed by atoms with Crippen LogP contribution in [-0.4, -0.2) is 18.2 Å². The van der Waals surface area contributed by atoms with E-state index in [4.69, 9.17) is 4.74 Å². The number of Topliss-reactive ketones (excluding diaryl/α,β-unsaturated/α-hetero) is 1. The third-order valence-electron chi connectivity index (χ3n) is 2.51. The largest absolute Gasteiger partial charge is 0.366 e. The summed E-state index contributed by atoms with van der Waals surface area (Å²) < 4.78 is 5.41. The second kappa shape index (κ2) is 8.37. The summed E-state index contributed by atoms with van der Waals surface area (Å²) in [6.45, 7) is 3.90. The van der Waals surface area contributed by atoms with Crippen LogP contribution in [0.15, 0.2) is 43.0 Å². The Bertz CT molecular complexity index is 384. The zero-order valence-corrected chi connectivity index (χ0v) is 10.4. The molecule has 0 heterocycles. The smallest absolute Gasteiger partial charge is 0.149 e. The molecule has 0 aliphatic carbocycles. The third kappa shape index (κ3) is 5.55. The summed E-state index contributed by atoms with van der Waals surface area (Å²) in [5.41, 5.74) is 0.989. The van der Waals surface area contributed by atoms with Gasteiger partial charge >= 0.3 is 0 Å². The van der Waals surface area contributed by atoms with Gasteiger partial charge in [-0.25, -0.2) is 0 Å². The Kier molecular flexibility index (Phi) is 6.66. The molecule has 0 aromatic heterocycles. The normalized spacial score (nSPS) is 11.8. The van der Waals surface area contributed by atoms with Crippen LogP contribution in [0, 0.1) is 0 Å². The molecule has 0 aliphatic heterocycles. The van der Waals surface area contributed by atoms with Gasteiger partial charge < -0.3 is 9.53 Å². The van der Waals surface area contributed by atoms with Crippen LogP contribution in [0.25, 0.3) is 0 Å². The first-order chi connectivity index (χ1) is 8.76. The maximum atomic E-state index is 11.5. The number of carbonyl (C=O) groups excluding carboxylic acids is 2. The van der Waals surface area contributed by atoms with Gasteiger partial charge in [0.1, 0.15) is 18.2 Å². The summed E-state index contributed by atoms with van der Waals surface area (Å²) in [7, 11) is 0. The number of aldehydes is 1. The Morgan fingerprint density at radius 2 is 2.06 bits per heavy atom. The predicted octanol–water partition coefficient (Wildman–Crippen LogP) is 2.70. The van der Waals surface area contributed by atoms with E-state index in [0.717, 1.165) is 5.56 Å². The SMILES string of the molecule is C=CCCC(=O)C[C@@H](C=O)OCc1ccccc1. The summed E-state index contributed by atoms with van der Waals surface area (Å²) in [4.78, 5) is 22.3. The van der Waals surface area contributed by atoms with Gasteiger partial charge in [0.05, 0.1) is 6.61 Å². The topological polar surface area (TPSA) is 43.4 Å². The molecule has 0 saturated heterocycles. The summed E-state index contributed by atoms with van der Waals surface area (Å²) >= 11 is 0. The van der Waals surface area contributed by atoms with Gasteiger partial charge in [0.25, 0.3) is 0 Å². The Hall–Kier alpha value is -1.74. The first-order valence-electron chi connectivity index (χ1n) is 5.99. The van der Waals surface area contributed by atoms with Crippen LogP contribution in [0.3, 0.4) is 0 Å². The molecule has 3 heteroatoms. The summed E-state index contributed by atoms with van der Waals surface area (Å²) in [6, 6.07) is 9.57. The molecule has 1 atom stereocenters. The van der Waals surface area contributed by atoms with Crippen molar-refractivity contribution in [1.82, 2.24) is 0 Å². The molecule has 0 spiro atoms. The zero-order valence-electron chi connectivity index (χ0n) is 10.4. The van der Waals surface area contributed by atoms with Crippen molar-refractivity contribution in [2.24, 2.45) is 0 Å². The van der Waals surface area contributed by atoms with E-state index in [9.17, 15) is 9.59 Å². The van der Waals surface area contributed by atoms with Crippen molar-refractivity contribution in [1.29, 1.82) is 0 Å². The van der Waals surface area contributed by atoms with E-state index < -0.39 is 6.10 Å². The van der Waals surface area contributed by atoms with Crippen LogP contribution in [0.2, 0.25) is 0 Å². The molecule has 0 fully saturated rings. The van der Waals surface area contributed by atoms with Crippen molar-refractivity contribution >= 4 is 12.1 Å². The fourth-order valence-electron chi connectivity index (χ4n) is 1.51. The Morgan fingerprint density at radius 3 is 2.67 bits per heavy atom. The van der Waals surface area contributed by atoms with Gasteiger partial charge in [0, 0.05) is 12.8 Å². The second-order valence-corrected chi connectivity index (χ2v) is 4.04. The van der Waals surface area contributed by atoms with Crippen LogP contribution in [0.4, 0.5) is 0 Å². The second-order valence-electron chi connectivity index (χ2n) is 4.04. The molecule has 0 radical (unpaired) electrons. The van der Waals surface area contributed by atoms with Crippen LogP contribution < -0.4 is 0 Å². The summed E-state index contributed by atoms with van der Waals surface area (Å²) in [5.74, 6) is 0.0278. The molecule has 0 bridgehead atoms. The maximum Gasteiger partial charge on any atom is 0.149 e. The molecule has 0 saturated carbocycles. The fraction of sp³-hybridized carbons (Fsp3) is 0.333. The number of rotatable bonds is 9. The van der Waals surface area contributed by atoms with Crippen molar-refractivity contribution in [3.05, 3.63) is 48.6 Å². The number of ketones is 1. The zero-order chi connectivity index (χ0) is 13.2. The lowest BCUT2D eigenvalue weighted by Gasteiger charge is -2.11. The lowest BCUT2D eigenvalue weighted by molar-refractivity contribution is -0.128. The highest BCUT2D eigenvalue weighted by Crippen LogP contribution is 2.07. The van der Waals surface area contributed by atoms with Crippen molar-refractivity contribution < 1.29 is 14.3 Å². The van der Waals surface area contributed by atoms with Crippen molar-refractivity contribution in [2.45, 2.75) is 32.0 Å². The molecular formula is C15H18O3. The van der Waals surface area contributed by atoms with E-state index in [2.05, 4.69) is 6.58 Å². The standard InChI is InChI=1S/C15H18O3/c1-2-3-9-14(17)10-15(11-16)18-12-13-7-5-4-6-8-13/h2,4-8,11,15H,1,3,9-10,12H2/t15-/m0/s1. The maximum absolute atomic E-state index is 11.5. The first kappa shape index (κ1) is 14.3. The Labute approximate surface area is 107 Å². The van der Waals surface area contributed by atoms with E-state index in [0.29, 0.717) is 25.7 Å². The molecule has 0 N–H and O–H groups in total. The Morgan fingerprint density at radius 1 is 1.33 bits per heavy atom. The lowest BCUT2D eigenvalue weighted by atomic mass is 10.1. The number of allylic oxidation sites excluding steroid dienone is 1. The molecule has 0 aliphatic rings. The predicted molar refractivity (Wildman–Crippen MR) is 70.1 cm³/mol. The van der Waals surface area contributed by atoms with Crippen LogP contribution >= 0.6 is 0 Å². The number of benzene rings is 1. The summed E-state index contributed by atoms with van der Waals surface area (Å²) in [5, 5.41) is 0. The minimum Gasteiger partial charge on any atom is -0.366 e. The highest BCUT2D eigenvalue weighted by atomic mass is 16.5. The highest BCUT2D eigenvalue weighted by molar-refractivity contribution is 5.82. The molecule has 1 aromatic rings. The lowest BCUT2D eigenvalue weighted by Crippen LogP contribution is -2.19. The van der Waals surface area contributed by atoms with Crippen LogP contribution in [0.5, 0.6) is 0 Å². The van der Waals surface area contributed by atoms with E-state index in [1.54, 1.807) is 6.08 Å². The monoisotopic (exact) mass is 246 g/mol. The van der Waals surface area contributed by atoms with E-state index in [1.165, 1.54) is 0 Å². The molecule has 3 nitrogen and oxygen atoms in total. The first-order valence-corrected chi connectivity index (χ1v) is 5.99. The fourth-order valence-corrected chi connectivity index (χ4v) is 1.51. The minimum atomic E-state index is -0.650. The van der Waals surface area contributed by atoms with Gasteiger partial charge in [0.2, 0.25) is 0 Å². The summed E-state index contributed by atoms with van der Waals surface area (Å²) in [6.07, 6.45) is 2.94. The van der Waals surface area contributed by atoms with Gasteiger partial charge in [-0.3, -0.25) is 4.79 Å². The van der Waals surface area contributed by atoms with Crippen LogP contribution in [0.1, 0.15) is 24.8 Å². The molecule has 0 amide bonds. The van der Waals surface area contributed by atoms with E-state index >= 15 is 0 Å². The molecule has 1 rings (SSSR count). The van der Waals surface area contributed by atoms with E-state index in [-0.39, 0.29) is 12.2 Å². The highest BCUT2D eigenvalue weighted by Gasteiger charge is 2.13. The number of carbonyl (C=O) groups is 2. The van der Waals surface area contributed by atoms with Gasteiger partial charge in [-0.1, -0.05) is 36.4 Å². The average molecular weight is 246 g/mol. The molecule has 96 valence electrons. The Balaban J connectivity index is 2.35. The number of ether oxygens (including phenoxy) is 1. The number of hydrogen-bond donors (Lipinski definition) is 0. The molecule has 0 unspecified atom stereocenters.